The molecule has 1 N–H and O–H groups in total. The van der Waals surface area contributed by atoms with Crippen LogP contribution in [-0.2, 0) is 0 Å². The van der Waals surface area contributed by atoms with Gasteiger partial charge in [-0.25, -0.2) is 0 Å². The van der Waals surface area contributed by atoms with Crippen molar-refractivity contribution < 1.29 is 0 Å². The first-order valence-corrected chi connectivity index (χ1v) is 8.19. The van der Waals surface area contributed by atoms with Crippen LogP contribution in [0.15, 0.2) is 42.5 Å². The van der Waals surface area contributed by atoms with Gasteiger partial charge in [0.25, 0.3) is 0 Å². The van der Waals surface area contributed by atoms with E-state index in [-0.39, 0.29) is 0 Å². The van der Waals surface area contributed by atoms with Gasteiger partial charge in [0.15, 0.2) is 0 Å². The molecule has 0 bridgehead atoms. The monoisotopic (exact) mass is 284 g/mol. The molecular weight excluding hydrogens is 256 g/mol. The van der Waals surface area contributed by atoms with Crippen molar-refractivity contribution in [2.24, 2.45) is 0 Å². The number of hydrogen-bond donors (Lipinski definition) is 1. The van der Waals surface area contributed by atoms with Gasteiger partial charge in [0.2, 0.25) is 0 Å². The summed E-state index contributed by atoms with van der Waals surface area (Å²) in [5.74, 6) is 0. The molecule has 2 rings (SSSR count). The molecule has 0 aliphatic rings. The van der Waals surface area contributed by atoms with E-state index in [1.54, 1.807) is 0 Å². The summed E-state index contributed by atoms with van der Waals surface area (Å²) in [4.78, 5) is 2.50. The van der Waals surface area contributed by atoms with Crippen LogP contribution in [-0.4, -0.2) is 31.1 Å². The van der Waals surface area contributed by atoms with Gasteiger partial charge >= 0.3 is 0 Å². The SMILES string of the molecule is CCCN(CC)CCNC(C)c1cccc2ccccc12. The summed E-state index contributed by atoms with van der Waals surface area (Å²) in [6, 6.07) is 15.6. The highest BCUT2D eigenvalue weighted by atomic mass is 15.1. The Morgan fingerprint density at radius 3 is 2.52 bits per heavy atom. The fourth-order valence-electron chi connectivity index (χ4n) is 2.92. The molecule has 2 aromatic carbocycles. The van der Waals surface area contributed by atoms with Crippen LogP contribution in [0.25, 0.3) is 10.8 Å². The van der Waals surface area contributed by atoms with E-state index in [9.17, 15) is 0 Å². The molecule has 0 aliphatic heterocycles. The Morgan fingerprint density at radius 1 is 1.00 bits per heavy atom. The summed E-state index contributed by atoms with van der Waals surface area (Å²) in [7, 11) is 0. The largest absolute Gasteiger partial charge is 0.309 e. The van der Waals surface area contributed by atoms with E-state index in [1.807, 2.05) is 0 Å². The molecule has 1 atom stereocenters. The van der Waals surface area contributed by atoms with Crippen molar-refractivity contribution >= 4 is 10.8 Å². The van der Waals surface area contributed by atoms with Gasteiger partial charge < -0.3 is 10.2 Å². The van der Waals surface area contributed by atoms with Crippen molar-refractivity contribution in [1.82, 2.24) is 10.2 Å². The summed E-state index contributed by atoms with van der Waals surface area (Å²) in [6.45, 7) is 11.2. The van der Waals surface area contributed by atoms with Gasteiger partial charge in [0.1, 0.15) is 0 Å². The predicted octanol–water partition coefficient (Wildman–Crippen LogP) is 4.22. The summed E-state index contributed by atoms with van der Waals surface area (Å²) >= 11 is 0. The fraction of sp³-hybridized carbons (Fsp3) is 0.474. The highest BCUT2D eigenvalue weighted by molar-refractivity contribution is 5.86. The zero-order valence-corrected chi connectivity index (χ0v) is 13.6. The lowest BCUT2D eigenvalue weighted by Crippen LogP contribution is -2.33. The molecule has 2 heteroatoms. The average Bonchev–Trinajstić information content (AvgIpc) is 2.53. The van der Waals surface area contributed by atoms with Gasteiger partial charge in [-0.15, -0.1) is 0 Å². The number of benzene rings is 2. The van der Waals surface area contributed by atoms with Gasteiger partial charge in [0, 0.05) is 19.1 Å². The first-order chi connectivity index (χ1) is 10.3. The van der Waals surface area contributed by atoms with Crippen molar-refractivity contribution in [3.8, 4) is 0 Å². The van der Waals surface area contributed by atoms with Gasteiger partial charge in [-0.2, -0.15) is 0 Å². The lowest BCUT2D eigenvalue weighted by Gasteiger charge is -2.22. The van der Waals surface area contributed by atoms with E-state index >= 15 is 0 Å². The van der Waals surface area contributed by atoms with Gasteiger partial charge in [-0.1, -0.05) is 56.3 Å². The molecule has 0 saturated carbocycles. The molecule has 0 amide bonds. The molecule has 0 spiro atoms. The van der Waals surface area contributed by atoms with E-state index in [4.69, 9.17) is 0 Å². The Balaban J connectivity index is 1.97. The molecule has 21 heavy (non-hydrogen) atoms. The molecule has 0 aliphatic carbocycles. The lowest BCUT2D eigenvalue weighted by molar-refractivity contribution is 0.284. The third-order valence-electron chi connectivity index (χ3n) is 4.16. The van der Waals surface area contributed by atoms with Crippen LogP contribution in [0.4, 0.5) is 0 Å². The van der Waals surface area contributed by atoms with Crippen LogP contribution in [0.2, 0.25) is 0 Å². The second-order valence-electron chi connectivity index (χ2n) is 5.68. The summed E-state index contributed by atoms with van der Waals surface area (Å²) in [5.41, 5.74) is 1.40. The molecule has 114 valence electrons. The Labute approximate surface area is 129 Å². The Morgan fingerprint density at radius 2 is 1.76 bits per heavy atom. The highest BCUT2D eigenvalue weighted by Gasteiger charge is 2.09. The van der Waals surface area contributed by atoms with E-state index in [2.05, 4.69) is 73.5 Å². The quantitative estimate of drug-likeness (QED) is 0.780. The van der Waals surface area contributed by atoms with Crippen molar-refractivity contribution in [2.75, 3.05) is 26.2 Å². The minimum absolute atomic E-state index is 0.386. The molecular formula is C19H28N2. The second kappa shape index (κ2) is 8.16. The Bertz CT molecular complexity index is 545. The molecule has 0 aromatic heterocycles. The molecule has 1 unspecified atom stereocenters. The van der Waals surface area contributed by atoms with E-state index in [0.29, 0.717) is 6.04 Å². The number of fused-ring (bicyclic) bond motifs is 1. The fourth-order valence-corrected chi connectivity index (χ4v) is 2.92. The van der Waals surface area contributed by atoms with Crippen LogP contribution < -0.4 is 5.32 Å². The smallest absolute Gasteiger partial charge is 0.0298 e. The van der Waals surface area contributed by atoms with Crippen molar-refractivity contribution in [2.45, 2.75) is 33.2 Å². The van der Waals surface area contributed by atoms with Crippen molar-refractivity contribution in [1.29, 1.82) is 0 Å². The van der Waals surface area contributed by atoms with Crippen LogP contribution in [0.5, 0.6) is 0 Å². The number of nitrogens with zero attached hydrogens (tertiary/aromatic N) is 1. The lowest BCUT2D eigenvalue weighted by atomic mass is 10.00. The molecule has 0 saturated heterocycles. The van der Waals surface area contributed by atoms with Crippen molar-refractivity contribution in [3.63, 3.8) is 0 Å². The zero-order valence-electron chi connectivity index (χ0n) is 13.6. The number of rotatable bonds is 8. The molecule has 2 aromatic rings. The Kier molecular flexibility index (Phi) is 6.21. The van der Waals surface area contributed by atoms with Gasteiger partial charge in [0.05, 0.1) is 0 Å². The zero-order chi connectivity index (χ0) is 15.1. The molecule has 0 heterocycles. The summed E-state index contributed by atoms with van der Waals surface area (Å²) < 4.78 is 0. The standard InChI is InChI=1S/C19H28N2/c1-4-14-21(5-2)15-13-20-16(3)18-12-8-10-17-9-6-7-11-19(17)18/h6-12,16,20H,4-5,13-15H2,1-3H3. The van der Waals surface area contributed by atoms with Crippen LogP contribution >= 0.6 is 0 Å². The second-order valence-corrected chi connectivity index (χ2v) is 5.68. The van der Waals surface area contributed by atoms with Crippen LogP contribution in [0, 0.1) is 0 Å². The van der Waals surface area contributed by atoms with E-state index in [0.717, 1.165) is 19.6 Å². The minimum atomic E-state index is 0.386. The Hall–Kier alpha value is -1.38. The maximum absolute atomic E-state index is 3.67. The number of nitrogens with one attached hydrogen (secondary N) is 1. The predicted molar refractivity (Wildman–Crippen MR) is 92.8 cm³/mol. The molecule has 2 nitrogen and oxygen atoms in total. The maximum Gasteiger partial charge on any atom is 0.0298 e. The minimum Gasteiger partial charge on any atom is -0.309 e. The molecule has 0 radical (unpaired) electrons. The molecule has 0 fully saturated rings. The summed E-state index contributed by atoms with van der Waals surface area (Å²) in [6.07, 6.45) is 1.23. The van der Waals surface area contributed by atoms with Crippen LogP contribution in [0.1, 0.15) is 38.8 Å². The maximum atomic E-state index is 3.67. The number of hydrogen-bond acceptors (Lipinski definition) is 2. The third-order valence-corrected chi connectivity index (χ3v) is 4.16. The van der Waals surface area contributed by atoms with Crippen LogP contribution in [0.3, 0.4) is 0 Å². The van der Waals surface area contributed by atoms with Gasteiger partial charge in [-0.05, 0) is 42.8 Å². The topological polar surface area (TPSA) is 15.3 Å². The van der Waals surface area contributed by atoms with E-state index < -0.39 is 0 Å². The first kappa shape index (κ1) is 16.0. The average molecular weight is 284 g/mol. The third kappa shape index (κ3) is 4.29. The number of likely N-dealkylation sites (N-methyl/N-ethyl adjacent to an activating group) is 1. The highest BCUT2D eigenvalue weighted by Crippen LogP contribution is 2.23. The summed E-state index contributed by atoms with van der Waals surface area (Å²) in [5, 5.41) is 6.36. The first-order valence-electron chi connectivity index (χ1n) is 8.19. The van der Waals surface area contributed by atoms with Crippen molar-refractivity contribution in [3.05, 3.63) is 48.0 Å². The van der Waals surface area contributed by atoms with E-state index in [1.165, 1.54) is 29.3 Å². The van der Waals surface area contributed by atoms with Gasteiger partial charge in [-0.3, -0.25) is 0 Å². The normalized spacial score (nSPS) is 13.0.